The van der Waals surface area contributed by atoms with Crippen LogP contribution in [0.5, 0.6) is 0 Å². The Morgan fingerprint density at radius 2 is 2.36 bits per heavy atom. The molecular formula is C7H7NO5S. The van der Waals surface area contributed by atoms with Crippen LogP contribution >= 0.6 is 11.8 Å². The molecule has 0 aromatic carbocycles. The Morgan fingerprint density at radius 1 is 1.64 bits per heavy atom. The summed E-state index contributed by atoms with van der Waals surface area (Å²) in [5.74, 6) is -0.566. The minimum atomic E-state index is -0.920. The fourth-order valence-corrected chi connectivity index (χ4v) is 1.41. The Hall–Kier alpha value is -1.50. The van der Waals surface area contributed by atoms with Gasteiger partial charge in [0.15, 0.2) is 0 Å². The highest BCUT2D eigenvalue weighted by Crippen LogP contribution is 2.19. The van der Waals surface area contributed by atoms with Gasteiger partial charge in [0.2, 0.25) is 0 Å². The number of aliphatic carboxylic acids is 1. The van der Waals surface area contributed by atoms with Crippen molar-refractivity contribution < 1.29 is 19.2 Å². The van der Waals surface area contributed by atoms with Gasteiger partial charge in [-0.05, 0) is 6.07 Å². The first-order valence-electron chi connectivity index (χ1n) is 3.62. The van der Waals surface area contributed by atoms with Crippen LogP contribution < -0.4 is 0 Å². The van der Waals surface area contributed by atoms with Crippen molar-refractivity contribution in [2.24, 2.45) is 0 Å². The number of hydrogen-bond acceptors (Lipinski definition) is 5. The van der Waals surface area contributed by atoms with E-state index in [9.17, 15) is 14.9 Å². The number of rotatable bonds is 5. The molecule has 0 spiro atoms. The van der Waals surface area contributed by atoms with Crippen LogP contribution in [0, 0.1) is 10.1 Å². The Kier molecular flexibility index (Phi) is 3.52. The van der Waals surface area contributed by atoms with E-state index in [2.05, 4.69) is 0 Å². The Bertz CT molecular complexity index is 348. The van der Waals surface area contributed by atoms with Crippen molar-refractivity contribution in [1.29, 1.82) is 0 Å². The van der Waals surface area contributed by atoms with E-state index in [1.807, 2.05) is 0 Å². The summed E-state index contributed by atoms with van der Waals surface area (Å²) in [5.41, 5.74) is 0. The molecule has 0 unspecified atom stereocenters. The second-order valence-electron chi connectivity index (χ2n) is 2.38. The molecule has 0 aliphatic carbocycles. The fourth-order valence-electron chi connectivity index (χ4n) is 0.781. The van der Waals surface area contributed by atoms with Crippen molar-refractivity contribution in [2.75, 3.05) is 5.75 Å². The van der Waals surface area contributed by atoms with E-state index in [4.69, 9.17) is 9.52 Å². The normalized spacial score (nSPS) is 10.0. The third kappa shape index (κ3) is 3.09. The third-order valence-electron chi connectivity index (χ3n) is 1.30. The molecule has 0 saturated heterocycles. The smallest absolute Gasteiger partial charge is 0.433 e. The maximum Gasteiger partial charge on any atom is 0.433 e. The lowest BCUT2D eigenvalue weighted by Crippen LogP contribution is -1.97. The quantitative estimate of drug-likeness (QED) is 0.593. The van der Waals surface area contributed by atoms with E-state index < -0.39 is 10.9 Å². The molecule has 0 bridgehead atoms. The van der Waals surface area contributed by atoms with Crippen molar-refractivity contribution in [2.45, 2.75) is 5.75 Å². The molecule has 0 radical (unpaired) electrons. The van der Waals surface area contributed by atoms with E-state index >= 15 is 0 Å². The third-order valence-corrected chi connectivity index (χ3v) is 2.24. The summed E-state index contributed by atoms with van der Waals surface area (Å²) in [6, 6.07) is 2.71. The lowest BCUT2D eigenvalue weighted by atomic mass is 10.5. The van der Waals surface area contributed by atoms with Gasteiger partial charge in [0.05, 0.1) is 17.6 Å². The van der Waals surface area contributed by atoms with Gasteiger partial charge in [0, 0.05) is 0 Å². The largest absolute Gasteiger partial charge is 0.481 e. The summed E-state index contributed by atoms with van der Waals surface area (Å²) in [5, 5.41) is 18.5. The molecule has 0 saturated carbocycles. The highest BCUT2D eigenvalue weighted by Gasteiger charge is 2.11. The Balaban J connectivity index is 2.44. The van der Waals surface area contributed by atoms with E-state index in [0.717, 1.165) is 11.8 Å². The summed E-state index contributed by atoms with van der Waals surface area (Å²) in [7, 11) is 0. The molecule has 0 atom stereocenters. The molecule has 76 valence electrons. The van der Waals surface area contributed by atoms with Gasteiger partial charge in [0.1, 0.15) is 10.7 Å². The van der Waals surface area contributed by atoms with Crippen LogP contribution in [0.2, 0.25) is 0 Å². The molecule has 0 aliphatic rings. The second-order valence-corrected chi connectivity index (χ2v) is 3.37. The molecular weight excluding hydrogens is 210 g/mol. The SMILES string of the molecule is O=C(O)CSCc1ccc([N+](=O)[O-])o1. The second kappa shape index (κ2) is 4.66. The number of hydrogen-bond donors (Lipinski definition) is 1. The maximum atomic E-state index is 10.2. The molecule has 7 heteroatoms. The molecule has 1 rings (SSSR count). The number of carboxylic acids is 1. The number of carboxylic acid groups (broad SMARTS) is 1. The lowest BCUT2D eigenvalue weighted by molar-refractivity contribution is -0.402. The highest BCUT2D eigenvalue weighted by atomic mass is 32.2. The van der Waals surface area contributed by atoms with Crippen LogP contribution in [0.15, 0.2) is 16.5 Å². The molecule has 0 aliphatic heterocycles. The molecule has 1 aromatic heterocycles. The zero-order chi connectivity index (χ0) is 10.6. The highest BCUT2D eigenvalue weighted by molar-refractivity contribution is 7.99. The first kappa shape index (κ1) is 10.6. The van der Waals surface area contributed by atoms with Gasteiger partial charge in [0.25, 0.3) is 0 Å². The molecule has 1 heterocycles. The van der Waals surface area contributed by atoms with E-state index in [1.165, 1.54) is 12.1 Å². The zero-order valence-electron chi connectivity index (χ0n) is 7.00. The van der Waals surface area contributed by atoms with Crippen molar-refractivity contribution in [3.63, 3.8) is 0 Å². The topological polar surface area (TPSA) is 93.6 Å². The predicted molar refractivity (Wildman–Crippen MR) is 49.2 cm³/mol. The van der Waals surface area contributed by atoms with Gasteiger partial charge in [-0.3, -0.25) is 14.9 Å². The minimum Gasteiger partial charge on any atom is -0.481 e. The van der Waals surface area contributed by atoms with Crippen LogP contribution in [-0.4, -0.2) is 21.8 Å². The van der Waals surface area contributed by atoms with Crippen molar-refractivity contribution in [1.82, 2.24) is 0 Å². The molecule has 1 N–H and O–H groups in total. The summed E-state index contributed by atoms with van der Waals surface area (Å²) in [6.45, 7) is 0. The van der Waals surface area contributed by atoms with E-state index in [0.29, 0.717) is 11.5 Å². The van der Waals surface area contributed by atoms with Crippen LogP contribution in [-0.2, 0) is 10.5 Å². The van der Waals surface area contributed by atoms with Crippen molar-refractivity contribution >= 4 is 23.6 Å². The minimum absolute atomic E-state index is 0.0471. The molecule has 0 fully saturated rings. The van der Waals surface area contributed by atoms with Crippen LogP contribution in [0.1, 0.15) is 5.76 Å². The van der Waals surface area contributed by atoms with Gasteiger partial charge in [-0.2, -0.15) is 0 Å². The van der Waals surface area contributed by atoms with Gasteiger partial charge >= 0.3 is 11.9 Å². The number of nitrogens with zero attached hydrogens (tertiary/aromatic N) is 1. The summed E-state index contributed by atoms with van der Waals surface area (Å²) < 4.78 is 4.81. The first-order chi connectivity index (χ1) is 6.59. The van der Waals surface area contributed by atoms with Crippen molar-refractivity contribution in [3.8, 4) is 0 Å². The average molecular weight is 217 g/mol. The van der Waals surface area contributed by atoms with Crippen LogP contribution in [0.3, 0.4) is 0 Å². The van der Waals surface area contributed by atoms with Gasteiger partial charge in [-0.15, -0.1) is 11.8 Å². The number of furan rings is 1. The summed E-state index contributed by atoms with van der Waals surface area (Å²) in [4.78, 5) is 19.7. The standard InChI is InChI=1S/C7H7NO5S/c9-7(10)4-14-3-5-1-2-6(13-5)8(11)12/h1-2H,3-4H2,(H,9,10). The number of carbonyl (C=O) groups is 1. The van der Waals surface area contributed by atoms with Gasteiger partial charge < -0.3 is 9.52 Å². The Morgan fingerprint density at radius 3 is 2.86 bits per heavy atom. The predicted octanol–water partition coefficient (Wildman–Crippen LogP) is 1.51. The first-order valence-corrected chi connectivity index (χ1v) is 4.77. The average Bonchev–Trinajstić information content (AvgIpc) is 2.52. The molecule has 6 nitrogen and oxygen atoms in total. The van der Waals surface area contributed by atoms with Crippen LogP contribution in [0.25, 0.3) is 0 Å². The van der Waals surface area contributed by atoms with Gasteiger partial charge in [-0.25, -0.2) is 0 Å². The van der Waals surface area contributed by atoms with Crippen molar-refractivity contribution in [3.05, 3.63) is 28.0 Å². The molecule has 14 heavy (non-hydrogen) atoms. The number of nitro groups is 1. The summed E-state index contributed by atoms with van der Waals surface area (Å²) in [6.07, 6.45) is 0. The molecule has 0 amide bonds. The van der Waals surface area contributed by atoms with Crippen LogP contribution in [0.4, 0.5) is 5.88 Å². The monoisotopic (exact) mass is 217 g/mol. The zero-order valence-corrected chi connectivity index (χ0v) is 7.82. The molecule has 1 aromatic rings. The fraction of sp³-hybridized carbons (Fsp3) is 0.286. The van der Waals surface area contributed by atoms with Gasteiger partial charge in [-0.1, -0.05) is 0 Å². The van der Waals surface area contributed by atoms with E-state index in [-0.39, 0.29) is 11.6 Å². The maximum absolute atomic E-state index is 10.2. The number of thioether (sulfide) groups is 1. The summed E-state index contributed by atoms with van der Waals surface area (Å²) >= 11 is 1.12. The van der Waals surface area contributed by atoms with E-state index in [1.54, 1.807) is 0 Å². The lowest BCUT2D eigenvalue weighted by Gasteiger charge is -1.92. The Labute approximate surface area is 83.1 Å².